The maximum atomic E-state index is 11.7. The van der Waals surface area contributed by atoms with Crippen molar-refractivity contribution in [1.29, 1.82) is 0 Å². The first-order valence-electron chi connectivity index (χ1n) is 8.01. The third-order valence-electron chi connectivity index (χ3n) is 4.11. The number of benzene rings is 1. The number of aryl methyl sites for hydroxylation is 2. The minimum Gasteiger partial charge on any atom is -0.493 e. The number of nitrogens with zero attached hydrogens (tertiary/aromatic N) is 1. The fraction of sp³-hybridized carbons (Fsp3) is 0.250. The van der Waals surface area contributed by atoms with Crippen molar-refractivity contribution in [3.05, 3.63) is 59.4 Å². The van der Waals surface area contributed by atoms with Gasteiger partial charge in [0.05, 0.1) is 12.3 Å². The molecule has 0 unspecified atom stereocenters. The Kier molecular flexibility index (Phi) is 4.20. The van der Waals surface area contributed by atoms with Crippen molar-refractivity contribution in [3.63, 3.8) is 0 Å². The predicted molar refractivity (Wildman–Crippen MR) is 93.5 cm³/mol. The van der Waals surface area contributed by atoms with Crippen LogP contribution >= 0.6 is 0 Å². The Hall–Kier alpha value is -2.55. The van der Waals surface area contributed by atoms with Crippen LogP contribution in [0.3, 0.4) is 0 Å². The van der Waals surface area contributed by atoms with Crippen molar-refractivity contribution in [2.75, 3.05) is 6.61 Å². The Morgan fingerprint density at radius 2 is 1.91 bits per heavy atom. The second-order valence-corrected chi connectivity index (χ2v) is 5.68. The zero-order valence-electron chi connectivity index (χ0n) is 13.8. The molecule has 0 bridgehead atoms. The Morgan fingerprint density at radius 3 is 2.61 bits per heavy atom. The van der Waals surface area contributed by atoms with Crippen LogP contribution in [0.5, 0.6) is 5.75 Å². The predicted octanol–water partition coefficient (Wildman–Crippen LogP) is 4.69. The van der Waals surface area contributed by atoms with Gasteiger partial charge in [-0.15, -0.1) is 0 Å². The van der Waals surface area contributed by atoms with Crippen molar-refractivity contribution in [3.8, 4) is 16.9 Å². The maximum Gasteiger partial charge on any atom is 0.167 e. The third kappa shape index (κ3) is 2.74. The van der Waals surface area contributed by atoms with Gasteiger partial charge in [-0.2, -0.15) is 0 Å². The molecule has 0 atom stereocenters. The highest BCUT2D eigenvalue weighted by Crippen LogP contribution is 2.35. The van der Waals surface area contributed by atoms with Gasteiger partial charge in [0.15, 0.2) is 6.29 Å². The van der Waals surface area contributed by atoms with E-state index in [1.807, 2.05) is 36.6 Å². The molecule has 2 aromatic heterocycles. The lowest BCUT2D eigenvalue weighted by molar-refractivity contribution is 0.111. The van der Waals surface area contributed by atoms with Gasteiger partial charge in [-0.3, -0.25) is 4.79 Å². The van der Waals surface area contributed by atoms with Crippen molar-refractivity contribution >= 4 is 11.8 Å². The van der Waals surface area contributed by atoms with E-state index < -0.39 is 0 Å². The number of rotatable bonds is 5. The van der Waals surface area contributed by atoms with Gasteiger partial charge in [0.2, 0.25) is 0 Å². The smallest absolute Gasteiger partial charge is 0.167 e. The number of hydrogen-bond donors (Lipinski definition) is 0. The summed E-state index contributed by atoms with van der Waals surface area (Å²) in [6.07, 6.45) is 3.87. The first-order valence-corrected chi connectivity index (χ1v) is 8.01. The van der Waals surface area contributed by atoms with E-state index in [1.54, 1.807) is 0 Å². The molecule has 2 heterocycles. The van der Waals surface area contributed by atoms with Crippen LogP contribution < -0.4 is 4.74 Å². The number of pyridine rings is 1. The van der Waals surface area contributed by atoms with Crippen molar-refractivity contribution in [2.24, 2.45) is 0 Å². The fourth-order valence-electron chi connectivity index (χ4n) is 2.92. The summed E-state index contributed by atoms with van der Waals surface area (Å²) in [5.41, 5.74) is 5.93. The summed E-state index contributed by atoms with van der Waals surface area (Å²) in [4.78, 5) is 11.7. The number of carbonyl (C=O) groups is 1. The quantitative estimate of drug-likeness (QED) is 0.640. The van der Waals surface area contributed by atoms with Gasteiger partial charge in [-0.1, -0.05) is 19.1 Å². The van der Waals surface area contributed by atoms with Crippen LogP contribution in [-0.2, 0) is 6.42 Å². The zero-order chi connectivity index (χ0) is 16.4. The molecule has 0 saturated carbocycles. The Balaban J connectivity index is 2.29. The highest BCUT2D eigenvalue weighted by atomic mass is 16.5. The summed E-state index contributed by atoms with van der Waals surface area (Å²) in [5, 5.41) is 0. The molecule has 118 valence electrons. The lowest BCUT2D eigenvalue weighted by atomic mass is 10.0. The SMILES string of the molecule is CCOc1ccc(CC)cc1-c1cc2ccc(C)cn2c1C=O. The first kappa shape index (κ1) is 15.3. The van der Waals surface area contributed by atoms with Gasteiger partial charge in [-0.05, 0) is 55.7 Å². The van der Waals surface area contributed by atoms with Gasteiger partial charge in [0.25, 0.3) is 0 Å². The highest BCUT2D eigenvalue weighted by molar-refractivity contribution is 5.91. The van der Waals surface area contributed by atoms with Crippen molar-refractivity contribution < 1.29 is 9.53 Å². The minimum atomic E-state index is 0.599. The number of carbonyl (C=O) groups excluding carboxylic acids is 1. The van der Waals surface area contributed by atoms with Gasteiger partial charge in [0.1, 0.15) is 5.75 Å². The van der Waals surface area contributed by atoms with Crippen LogP contribution in [0.1, 0.15) is 35.5 Å². The van der Waals surface area contributed by atoms with Crippen LogP contribution in [0.15, 0.2) is 42.6 Å². The number of ether oxygens (including phenoxy) is 1. The van der Waals surface area contributed by atoms with Gasteiger partial charge in [0, 0.05) is 22.8 Å². The molecule has 0 N–H and O–H groups in total. The number of hydrogen-bond acceptors (Lipinski definition) is 2. The average molecular weight is 307 g/mol. The van der Waals surface area contributed by atoms with E-state index >= 15 is 0 Å². The number of aldehydes is 1. The van der Waals surface area contributed by atoms with Crippen LogP contribution in [-0.4, -0.2) is 17.3 Å². The van der Waals surface area contributed by atoms with E-state index in [2.05, 4.69) is 31.2 Å². The van der Waals surface area contributed by atoms with E-state index in [1.165, 1.54) is 5.56 Å². The Labute approximate surface area is 136 Å². The summed E-state index contributed by atoms with van der Waals surface area (Å²) >= 11 is 0. The molecule has 0 saturated heterocycles. The van der Waals surface area contributed by atoms with E-state index in [-0.39, 0.29) is 0 Å². The van der Waals surface area contributed by atoms with Crippen LogP contribution in [0.4, 0.5) is 0 Å². The molecule has 23 heavy (non-hydrogen) atoms. The fourth-order valence-corrected chi connectivity index (χ4v) is 2.92. The van der Waals surface area contributed by atoms with Crippen molar-refractivity contribution in [1.82, 2.24) is 4.40 Å². The Bertz CT molecular complexity index is 861. The maximum absolute atomic E-state index is 11.7. The third-order valence-corrected chi connectivity index (χ3v) is 4.11. The second kappa shape index (κ2) is 6.29. The number of aromatic nitrogens is 1. The highest BCUT2D eigenvalue weighted by Gasteiger charge is 2.16. The van der Waals surface area contributed by atoms with Crippen molar-refractivity contribution in [2.45, 2.75) is 27.2 Å². The minimum absolute atomic E-state index is 0.599. The van der Waals surface area contributed by atoms with Crippen LogP contribution in [0, 0.1) is 6.92 Å². The molecule has 0 spiro atoms. The Morgan fingerprint density at radius 1 is 1.09 bits per heavy atom. The van der Waals surface area contributed by atoms with Crippen LogP contribution in [0.25, 0.3) is 16.6 Å². The lowest BCUT2D eigenvalue weighted by Crippen LogP contribution is -1.97. The molecule has 1 aromatic carbocycles. The summed E-state index contributed by atoms with van der Waals surface area (Å²) in [6, 6.07) is 12.4. The molecule has 3 nitrogen and oxygen atoms in total. The largest absolute Gasteiger partial charge is 0.493 e. The molecule has 0 radical (unpaired) electrons. The van der Waals surface area contributed by atoms with E-state index in [0.717, 1.165) is 40.7 Å². The molecule has 0 fully saturated rings. The van der Waals surface area contributed by atoms with Gasteiger partial charge >= 0.3 is 0 Å². The average Bonchev–Trinajstić information content (AvgIpc) is 2.93. The molecule has 0 aliphatic heterocycles. The molecule has 3 aromatic rings. The number of fused-ring (bicyclic) bond motifs is 1. The molecular weight excluding hydrogens is 286 g/mol. The summed E-state index contributed by atoms with van der Waals surface area (Å²) in [5.74, 6) is 0.820. The zero-order valence-corrected chi connectivity index (χ0v) is 13.8. The van der Waals surface area contributed by atoms with E-state index in [0.29, 0.717) is 12.3 Å². The summed E-state index contributed by atoms with van der Waals surface area (Å²) in [7, 11) is 0. The first-order chi connectivity index (χ1) is 11.2. The molecular formula is C20H21NO2. The standard InChI is InChI=1S/C20H21NO2/c1-4-15-7-9-20(23-5-2)18(10-15)17-11-16-8-6-14(3)12-21(16)19(17)13-22/h6-13H,4-5H2,1-3H3. The summed E-state index contributed by atoms with van der Waals surface area (Å²) < 4.78 is 7.74. The topological polar surface area (TPSA) is 30.7 Å². The molecule has 3 heteroatoms. The van der Waals surface area contributed by atoms with Crippen LogP contribution in [0.2, 0.25) is 0 Å². The molecule has 0 aliphatic rings. The summed E-state index contributed by atoms with van der Waals surface area (Å²) in [6.45, 7) is 6.72. The second-order valence-electron chi connectivity index (χ2n) is 5.68. The van der Waals surface area contributed by atoms with E-state index in [4.69, 9.17) is 4.74 Å². The monoisotopic (exact) mass is 307 g/mol. The molecule has 0 aliphatic carbocycles. The van der Waals surface area contributed by atoms with Gasteiger partial charge < -0.3 is 9.14 Å². The lowest BCUT2D eigenvalue weighted by Gasteiger charge is -2.11. The van der Waals surface area contributed by atoms with E-state index in [9.17, 15) is 4.79 Å². The normalized spacial score (nSPS) is 10.9. The van der Waals surface area contributed by atoms with Gasteiger partial charge in [-0.25, -0.2) is 0 Å². The molecule has 0 amide bonds. The molecule has 3 rings (SSSR count).